The first kappa shape index (κ1) is 21.2. The van der Waals surface area contributed by atoms with Crippen LogP contribution in [0.5, 0.6) is 5.75 Å². The number of hydrogen-bond donors (Lipinski definition) is 0. The second-order valence-corrected chi connectivity index (χ2v) is 8.37. The van der Waals surface area contributed by atoms with Crippen molar-refractivity contribution < 1.29 is 13.2 Å². The maximum atomic E-state index is 13.0. The van der Waals surface area contributed by atoms with Crippen LogP contribution in [0, 0.1) is 0 Å². The molecule has 0 aromatic heterocycles. The number of benzene rings is 4. The summed E-state index contributed by atoms with van der Waals surface area (Å²) in [7, 11) is -3.98. The molecule has 0 bridgehead atoms. The van der Waals surface area contributed by atoms with Gasteiger partial charge >= 0.3 is 0 Å². The molecule has 0 heterocycles. The molecule has 0 aliphatic carbocycles. The Bertz CT molecular complexity index is 1320. The topological polar surface area (TPSA) is 68.1 Å². The molecule has 5 nitrogen and oxygen atoms in total. The fourth-order valence-corrected chi connectivity index (χ4v) is 3.89. The molecule has 0 unspecified atom stereocenters. The molecule has 0 aliphatic rings. The first-order valence-electron chi connectivity index (χ1n) is 9.94. The van der Waals surface area contributed by atoms with Crippen LogP contribution < -0.4 is 4.74 Å². The summed E-state index contributed by atoms with van der Waals surface area (Å²) in [4.78, 5) is 4.68. The first-order valence-corrected chi connectivity index (χ1v) is 11.4. The highest BCUT2D eigenvalue weighted by Gasteiger charge is 2.17. The molecule has 0 N–H and O–H groups in total. The lowest BCUT2D eigenvalue weighted by molar-refractivity contribution is 0.553. The summed E-state index contributed by atoms with van der Waals surface area (Å²) in [5, 5.41) is 0. The van der Waals surface area contributed by atoms with Crippen molar-refractivity contribution in [1.82, 2.24) is 0 Å². The van der Waals surface area contributed by atoms with Gasteiger partial charge in [-0.1, -0.05) is 84.9 Å². The minimum absolute atomic E-state index is 0.0317. The second kappa shape index (κ2) is 9.85. The summed E-state index contributed by atoms with van der Waals surface area (Å²) in [6.07, 6.45) is 0. The van der Waals surface area contributed by atoms with Gasteiger partial charge in [0.1, 0.15) is 5.75 Å². The van der Waals surface area contributed by atoms with Crippen molar-refractivity contribution in [2.75, 3.05) is 0 Å². The van der Waals surface area contributed by atoms with Crippen molar-refractivity contribution >= 4 is 21.8 Å². The molecule has 0 aliphatic heterocycles. The third-order valence-electron chi connectivity index (χ3n) is 4.47. The van der Waals surface area contributed by atoms with E-state index in [1.807, 2.05) is 54.6 Å². The van der Waals surface area contributed by atoms with Gasteiger partial charge in [-0.25, -0.2) is 0 Å². The molecule has 0 saturated heterocycles. The molecule has 32 heavy (non-hydrogen) atoms. The lowest BCUT2D eigenvalue weighted by atomic mass is 10.2. The molecule has 6 heteroatoms. The van der Waals surface area contributed by atoms with Gasteiger partial charge in [0.2, 0.25) is 5.90 Å². The monoisotopic (exact) mass is 440 g/mol. The normalized spacial score (nSPS) is 12.4. The van der Waals surface area contributed by atoms with Crippen molar-refractivity contribution in [2.24, 2.45) is 9.39 Å². The Morgan fingerprint density at radius 3 is 1.62 bits per heavy atom. The van der Waals surface area contributed by atoms with Crippen molar-refractivity contribution in [3.05, 3.63) is 132 Å². The van der Waals surface area contributed by atoms with E-state index >= 15 is 0 Å². The average Bonchev–Trinajstić information content (AvgIpc) is 2.85. The quantitative estimate of drug-likeness (QED) is 0.310. The van der Waals surface area contributed by atoms with E-state index < -0.39 is 10.0 Å². The van der Waals surface area contributed by atoms with Gasteiger partial charge in [0.25, 0.3) is 10.0 Å². The Labute approximate surface area is 187 Å². The van der Waals surface area contributed by atoms with Crippen molar-refractivity contribution in [3.63, 3.8) is 0 Å². The van der Waals surface area contributed by atoms with E-state index in [0.717, 1.165) is 0 Å². The van der Waals surface area contributed by atoms with Crippen LogP contribution >= 0.6 is 0 Å². The minimum atomic E-state index is -3.98. The SMILES string of the molecule is O=S(=O)(N=C(N=C(Oc1ccccc1)c1ccccc1)c1ccccc1)c1ccccc1. The summed E-state index contributed by atoms with van der Waals surface area (Å²) in [6, 6.07) is 35.5. The van der Waals surface area contributed by atoms with Gasteiger partial charge in [0, 0.05) is 11.1 Å². The molecule has 0 saturated carbocycles. The Morgan fingerprint density at radius 2 is 1.06 bits per heavy atom. The Morgan fingerprint density at radius 1 is 0.594 bits per heavy atom. The standard InChI is InChI=1S/C26H20N2O3S/c29-32(30,24-19-11-4-12-20-24)28-25(21-13-5-1-6-14-21)27-26(22-15-7-2-8-16-22)31-23-17-9-3-10-18-23/h1-20H. The number of rotatable bonds is 5. The molecular weight excluding hydrogens is 420 g/mol. The summed E-state index contributed by atoms with van der Waals surface area (Å²) < 4.78 is 36.1. The predicted octanol–water partition coefficient (Wildman–Crippen LogP) is 5.35. The van der Waals surface area contributed by atoms with Crippen molar-refractivity contribution in [2.45, 2.75) is 4.90 Å². The largest absolute Gasteiger partial charge is 0.438 e. The molecule has 0 amide bonds. The van der Waals surface area contributed by atoms with Crippen molar-refractivity contribution in [1.29, 1.82) is 0 Å². The van der Waals surface area contributed by atoms with Gasteiger partial charge in [0.05, 0.1) is 4.90 Å². The van der Waals surface area contributed by atoms with E-state index in [1.165, 1.54) is 12.1 Å². The zero-order valence-corrected chi connectivity index (χ0v) is 17.9. The summed E-state index contributed by atoms with van der Waals surface area (Å²) in [6.45, 7) is 0. The van der Waals surface area contributed by atoms with E-state index in [0.29, 0.717) is 16.9 Å². The number of para-hydroxylation sites is 1. The predicted molar refractivity (Wildman–Crippen MR) is 127 cm³/mol. The Hall–Kier alpha value is -4.03. The number of amidine groups is 1. The maximum absolute atomic E-state index is 13.0. The highest BCUT2D eigenvalue weighted by atomic mass is 32.2. The molecule has 0 atom stereocenters. The number of hydrogen-bond acceptors (Lipinski definition) is 3. The average molecular weight is 441 g/mol. The van der Waals surface area contributed by atoms with E-state index in [9.17, 15) is 8.42 Å². The van der Waals surface area contributed by atoms with Gasteiger partial charge in [0.15, 0.2) is 5.84 Å². The smallest absolute Gasteiger partial charge is 0.284 e. The second-order valence-electron chi connectivity index (χ2n) is 6.77. The highest BCUT2D eigenvalue weighted by Crippen LogP contribution is 2.17. The zero-order chi connectivity index (χ0) is 22.2. The van der Waals surface area contributed by atoms with Gasteiger partial charge < -0.3 is 4.74 Å². The molecule has 0 spiro atoms. The Kier molecular flexibility index (Phi) is 6.53. The summed E-state index contributed by atoms with van der Waals surface area (Å²) in [5.41, 5.74) is 1.24. The summed E-state index contributed by atoms with van der Waals surface area (Å²) in [5.74, 6) is 0.848. The van der Waals surface area contributed by atoms with Gasteiger partial charge in [-0.2, -0.15) is 13.4 Å². The number of aliphatic imine (C=N–C) groups is 1. The van der Waals surface area contributed by atoms with E-state index in [1.54, 1.807) is 54.6 Å². The van der Waals surface area contributed by atoms with Gasteiger partial charge in [-0.05, 0) is 36.4 Å². The fraction of sp³-hybridized carbons (Fsp3) is 0. The Balaban J connectivity index is 1.86. The minimum Gasteiger partial charge on any atom is -0.438 e. The van der Waals surface area contributed by atoms with Crippen LogP contribution in [-0.2, 0) is 10.0 Å². The molecule has 4 aromatic carbocycles. The lowest BCUT2D eigenvalue weighted by Crippen LogP contribution is -2.15. The maximum Gasteiger partial charge on any atom is 0.284 e. The van der Waals surface area contributed by atoms with Crippen LogP contribution in [0.15, 0.2) is 136 Å². The van der Waals surface area contributed by atoms with E-state index in [2.05, 4.69) is 9.39 Å². The number of ether oxygens (including phenoxy) is 1. The van der Waals surface area contributed by atoms with Crippen LogP contribution in [0.3, 0.4) is 0 Å². The molecule has 0 radical (unpaired) electrons. The molecular formula is C26H20N2O3S. The van der Waals surface area contributed by atoms with Crippen LogP contribution in [0.2, 0.25) is 0 Å². The zero-order valence-electron chi connectivity index (χ0n) is 17.1. The third kappa shape index (κ3) is 5.36. The number of nitrogens with zero attached hydrogens (tertiary/aromatic N) is 2. The highest BCUT2D eigenvalue weighted by molar-refractivity contribution is 7.90. The van der Waals surface area contributed by atoms with E-state index in [4.69, 9.17) is 4.74 Å². The lowest BCUT2D eigenvalue weighted by Gasteiger charge is -2.11. The van der Waals surface area contributed by atoms with Crippen LogP contribution in [0.25, 0.3) is 0 Å². The molecule has 4 rings (SSSR count). The number of sulfonamides is 1. The van der Waals surface area contributed by atoms with Crippen molar-refractivity contribution in [3.8, 4) is 5.75 Å². The molecule has 0 fully saturated rings. The van der Waals surface area contributed by atoms with Crippen LogP contribution in [-0.4, -0.2) is 20.2 Å². The first-order chi connectivity index (χ1) is 15.6. The molecule has 4 aromatic rings. The molecule has 158 valence electrons. The van der Waals surface area contributed by atoms with Gasteiger partial charge in [-0.3, -0.25) is 0 Å². The fourth-order valence-electron chi connectivity index (χ4n) is 2.91. The summed E-state index contributed by atoms with van der Waals surface area (Å²) >= 11 is 0. The van der Waals surface area contributed by atoms with Crippen LogP contribution in [0.4, 0.5) is 0 Å². The van der Waals surface area contributed by atoms with Crippen LogP contribution in [0.1, 0.15) is 11.1 Å². The van der Waals surface area contributed by atoms with Gasteiger partial charge in [-0.15, -0.1) is 4.40 Å². The van der Waals surface area contributed by atoms with E-state index in [-0.39, 0.29) is 16.6 Å². The third-order valence-corrected chi connectivity index (χ3v) is 5.75.